The van der Waals surface area contributed by atoms with Crippen molar-refractivity contribution in [1.29, 1.82) is 0 Å². The molecule has 1 aromatic carbocycles. The molecule has 1 aromatic rings. The van der Waals surface area contributed by atoms with Gasteiger partial charge in [0.1, 0.15) is 0 Å². The molecule has 0 spiro atoms. The summed E-state index contributed by atoms with van der Waals surface area (Å²) in [6.07, 6.45) is 6.40. The van der Waals surface area contributed by atoms with E-state index in [0.29, 0.717) is 11.8 Å². The summed E-state index contributed by atoms with van der Waals surface area (Å²) in [5.74, 6) is 1.29. The first kappa shape index (κ1) is 14.6. The van der Waals surface area contributed by atoms with Crippen LogP contribution in [-0.2, 0) is 10.2 Å². The van der Waals surface area contributed by atoms with E-state index in [2.05, 4.69) is 44.2 Å². The molecule has 2 fully saturated rings. The molecule has 21 heavy (non-hydrogen) atoms. The molecule has 4 atom stereocenters. The van der Waals surface area contributed by atoms with Crippen LogP contribution in [0.4, 0.5) is 0 Å². The second-order valence-electron chi connectivity index (χ2n) is 7.51. The van der Waals surface area contributed by atoms with E-state index >= 15 is 0 Å². The first-order valence-electron chi connectivity index (χ1n) is 8.37. The third kappa shape index (κ3) is 2.29. The van der Waals surface area contributed by atoms with Gasteiger partial charge < -0.3 is 5.73 Å². The zero-order chi connectivity index (χ0) is 15.1. The second kappa shape index (κ2) is 5.15. The molecule has 1 amide bonds. The molecule has 2 bridgehead atoms. The summed E-state index contributed by atoms with van der Waals surface area (Å²) in [6.45, 7) is 4.62. The summed E-state index contributed by atoms with van der Waals surface area (Å²) >= 11 is 0. The molecular formula is C19H27NO. The minimum Gasteiger partial charge on any atom is -0.369 e. The highest BCUT2D eigenvalue weighted by atomic mass is 16.1. The smallest absolute Gasteiger partial charge is 0.223 e. The lowest BCUT2D eigenvalue weighted by molar-refractivity contribution is -0.137. The van der Waals surface area contributed by atoms with Gasteiger partial charge in [-0.2, -0.15) is 0 Å². The predicted octanol–water partition coefficient (Wildman–Crippen LogP) is 4.04. The maximum absolute atomic E-state index is 12.3. The Morgan fingerprint density at radius 3 is 2.62 bits per heavy atom. The van der Waals surface area contributed by atoms with Gasteiger partial charge in [-0.15, -0.1) is 0 Å². The molecule has 2 N–H and O–H groups in total. The number of hydrogen-bond acceptors (Lipinski definition) is 1. The largest absolute Gasteiger partial charge is 0.369 e. The van der Waals surface area contributed by atoms with Gasteiger partial charge >= 0.3 is 0 Å². The van der Waals surface area contributed by atoms with E-state index in [9.17, 15) is 4.79 Å². The van der Waals surface area contributed by atoms with E-state index in [0.717, 1.165) is 32.1 Å². The standard InChI is InChI=1S/C19H27NO/c1-3-18(16-7-5-4-6-8-16)11-15-12-19(13-18,17(20)21)10-9-14(15)2/h4-8,14-15H,3,9-13H2,1-2H3,(H2,20,21). The molecule has 2 aliphatic carbocycles. The number of fused-ring (bicyclic) bond motifs is 2. The lowest BCUT2D eigenvalue weighted by Crippen LogP contribution is -2.53. The maximum atomic E-state index is 12.3. The van der Waals surface area contributed by atoms with Crippen molar-refractivity contribution in [1.82, 2.24) is 0 Å². The van der Waals surface area contributed by atoms with Crippen LogP contribution in [0.15, 0.2) is 30.3 Å². The molecule has 2 heteroatoms. The summed E-state index contributed by atoms with van der Waals surface area (Å²) in [6, 6.07) is 10.8. The number of carbonyl (C=O) groups is 1. The fourth-order valence-corrected chi connectivity index (χ4v) is 5.00. The maximum Gasteiger partial charge on any atom is 0.223 e. The van der Waals surface area contributed by atoms with Gasteiger partial charge in [-0.1, -0.05) is 44.2 Å². The summed E-state index contributed by atoms with van der Waals surface area (Å²) < 4.78 is 0. The van der Waals surface area contributed by atoms with Crippen molar-refractivity contribution < 1.29 is 4.79 Å². The predicted molar refractivity (Wildman–Crippen MR) is 85.8 cm³/mol. The zero-order valence-electron chi connectivity index (χ0n) is 13.3. The Labute approximate surface area is 128 Å². The zero-order valence-corrected chi connectivity index (χ0v) is 13.3. The first-order valence-corrected chi connectivity index (χ1v) is 8.37. The Bertz CT molecular complexity index is 526. The van der Waals surface area contributed by atoms with Crippen LogP contribution in [-0.4, -0.2) is 5.91 Å². The molecule has 114 valence electrons. The lowest BCUT2D eigenvalue weighted by atomic mass is 9.49. The summed E-state index contributed by atoms with van der Waals surface area (Å²) in [5.41, 5.74) is 7.14. The molecule has 4 unspecified atom stereocenters. The SMILES string of the molecule is CCC1(c2ccccc2)CC2CC(C(N)=O)(CCC2C)C1. The second-order valence-corrected chi connectivity index (χ2v) is 7.51. The molecule has 2 saturated carbocycles. The quantitative estimate of drug-likeness (QED) is 0.895. The number of nitrogens with two attached hydrogens (primary N) is 1. The van der Waals surface area contributed by atoms with Gasteiger partial charge in [-0.3, -0.25) is 4.79 Å². The van der Waals surface area contributed by atoms with Gasteiger partial charge in [0.25, 0.3) is 0 Å². The van der Waals surface area contributed by atoms with Crippen molar-refractivity contribution in [3.8, 4) is 0 Å². The molecule has 0 radical (unpaired) electrons. The van der Waals surface area contributed by atoms with Crippen LogP contribution >= 0.6 is 0 Å². The Morgan fingerprint density at radius 2 is 2.00 bits per heavy atom. The van der Waals surface area contributed by atoms with E-state index < -0.39 is 0 Å². The van der Waals surface area contributed by atoms with Crippen molar-refractivity contribution >= 4 is 5.91 Å². The van der Waals surface area contributed by atoms with Gasteiger partial charge in [0.15, 0.2) is 0 Å². The van der Waals surface area contributed by atoms with Crippen molar-refractivity contribution in [3.63, 3.8) is 0 Å². The molecule has 0 heterocycles. The van der Waals surface area contributed by atoms with Crippen LogP contribution in [0.3, 0.4) is 0 Å². The highest BCUT2D eigenvalue weighted by Gasteiger charge is 2.54. The van der Waals surface area contributed by atoms with Crippen molar-refractivity contribution in [2.24, 2.45) is 23.0 Å². The number of amides is 1. The van der Waals surface area contributed by atoms with Gasteiger partial charge in [0.2, 0.25) is 5.91 Å². The van der Waals surface area contributed by atoms with E-state index in [1.165, 1.54) is 12.0 Å². The fraction of sp³-hybridized carbons (Fsp3) is 0.632. The number of rotatable bonds is 3. The fourth-order valence-electron chi connectivity index (χ4n) is 5.00. The average molecular weight is 285 g/mol. The molecule has 2 aliphatic rings. The van der Waals surface area contributed by atoms with Crippen molar-refractivity contribution in [2.75, 3.05) is 0 Å². The van der Waals surface area contributed by atoms with E-state index in [1.54, 1.807) is 0 Å². The lowest BCUT2D eigenvalue weighted by Gasteiger charge is -2.54. The summed E-state index contributed by atoms with van der Waals surface area (Å²) in [5, 5.41) is 0. The number of carbonyl (C=O) groups excluding carboxylic acids is 1. The van der Waals surface area contributed by atoms with Gasteiger partial charge in [-0.05, 0) is 61.3 Å². The monoisotopic (exact) mass is 285 g/mol. The van der Waals surface area contributed by atoms with E-state index in [4.69, 9.17) is 5.73 Å². The van der Waals surface area contributed by atoms with Gasteiger partial charge in [0, 0.05) is 0 Å². The minimum absolute atomic E-state index is 0.0622. The van der Waals surface area contributed by atoms with Gasteiger partial charge in [-0.25, -0.2) is 0 Å². The Kier molecular flexibility index (Phi) is 3.59. The third-order valence-electron chi connectivity index (χ3n) is 6.45. The Balaban J connectivity index is 2.04. The molecular weight excluding hydrogens is 258 g/mol. The third-order valence-corrected chi connectivity index (χ3v) is 6.45. The van der Waals surface area contributed by atoms with Crippen LogP contribution in [0.2, 0.25) is 0 Å². The molecule has 2 nitrogen and oxygen atoms in total. The van der Waals surface area contributed by atoms with Crippen LogP contribution in [0.1, 0.15) is 57.9 Å². The van der Waals surface area contributed by atoms with Crippen molar-refractivity contribution in [2.45, 2.75) is 57.8 Å². The molecule has 0 aromatic heterocycles. The Morgan fingerprint density at radius 1 is 1.29 bits per heavy atom. The number of benzene rings is 1. The van der Waals surface area contributed by atoms with E-state index in [-0.39, 0.29) is 16.7 Å². The van der Waals surface area contributed by atoms with Crippen LogP contribution in [0.25, 0.3) is 0 Å². The highest BCUT2D eigenvalue weighted by Crippen LogP contribution is 2.58. The van der Waals surface area contributed by atoms with Crippen LogP contribution in [0, 0.1) is 17.3 Å². The number of hydrogen-bond donors (Lipinski definition) is 1. The minimum atomic E-state index is -0.263. The normalized spacial score (nSPS) is 39.0. The summed E-state index contributed by atoms with van der Waals surface area (Å²) in [7, 11) is 0. The topological polar surface area (TPSA) is 43.1 Å². The van der Waals surface area contributed by atoms with Crippen molar-refractivity contribution in [3.05, 3.63) is 35.9 Å². The van der Waals surface area contributed by atoms with Crippen LogP contribution < -0.4 is 5.73 Å². The van der Waals surface area contributed by atoms with Gasteiger partial charge in [0.05, 0.1) is 5.41 Å². The summed E-state index contributed by atoms with van der Waals surface area (Å²) in [4.78, 5) is 12.3. The van der Waals surface area contributed by atoms with Crippen LogP contribution in [0.5, 0.6) is 0 Å². The highest BCUT2D eigenvalue weighted by molar-refractivity contribution is 5.81. The Hall–Kier alpha value is -1.31. The molecule has 0 saturated heterocycles. The molecule has 0 aliphatic heterocycles. The van der Waals surface area contributed by atoms with E-state index in [1.807, 2.05) is 0 Å². The molecule has 3 rings (SSSR count). The number of primary amides is 1. The average Bonchev–Trinajstić information content (AvgIpc) is 2.52. The first-order chi connectivity index (χ1) is 10.0.